The van der Waals surface area contributed by atoms with Gasteiger partial charge in [0, 0.05) is 11.8 Å². The molecule has 0 aliphatic heterocycles. The van der Waals surface area contributed by atoms with E-state index in [4.69, 9.17) is 5.11 Å². The van der Waals surface area contributed by atoms with Gasteiger partial charge >= 0.3 is 11.7 Å². The molecule has 0 aliphatic rings. The highest BCUT2D eigenvalue weighted by atomic mass is 16.6. The Labute approximate surface area is 119 Å². The lowest BCUT2D eigenvalue weighted by Gasteiger charge is -2.07. The van der Waals surface area contributed by atoms with Gasteiger partial charge in [0.05, 0.1) is 17.2 Å². The highest BCUT2D eigenvalue weighted by Crippen LogP contribution is 2.22. The minimum absolute atomic E-state index is 0.0943. The van der Waals surface area contributed by atoms with E-state index < -0.39 is 10.9 Å². The van der Waals surface area contributed by atoms with Gasteiger partial charge in [-0.15, -0.1) is 0 Å². The number of aryl methyl sites for hydroxylation is 1. The van der Waals surface area contributed by atoms with Crippen LogP contribution in [0.5, 0.6) is 0 Å². The SMILES string of the molecule is Cc1cccc(CNc2nc(C(=O)O)ccc2[N+](=O)[O-])n1. The first-order valence-electron chi connectivity index (χ1n) is 6.02. The van der Waals surface area contributed by atoms with Gasteiger partial charge in [0.1, 0.15) is 0 Å². The Morgan fingerprint density at radius 2 is 2.10 bits per heavy atom. The number of nitrogens with zero attached hydrogens (tertiary/aromatic N) is 3. The van der Waals surface area contributed by atoms with Gasteiger partial charge in [-0.25, -0.2) is 9.78 Å². The van der Waals surface area contributed by atoms with Crippen molar-refractivity contribution in [3.8, 4) is 0 Å². The van der Waals surface area contributed by atoms with Gasteiger partial charge in [0.2, 0.25) is 5.82 Å². The standard InChI is InChI=1S/C13H12N4O4/c1-8-3-2-4-9(15-8)7-14-12-11(17(20)21)6-5-10(16-12)13(18)19/h2-6H,7H2,1H3,(H,14,16)(H,18,19). The summed E-state index contributed by atoms with van der Waals surface area (Å²) in [6, 6.07) is 7.61. The predicted octanol–water partition coefficient (Wildman–Crippen LogP) is 2.00. The number of rotatable bonds is 5. The molecule has 0 aromatic carbocycles. The molecular weight excluding hydrogens is 276 g/mol. The number of carboxylic acid groups (broad SMARTS) is 1. The van der Waals surface area contributed by atoms with Crippen LogP contribution in [0.25, 0.3) is 0 Å². The number of carboxylic acids is 1. The largest absolute Gasteiger partial charge is 0.477 e. The molecule has 0 bridgehead atoms. The van der Waals surface area contributed by atoms with Crippen molar-refractivity contribution in [3.05, 3.63) is 57.5 Å². The Morgan fingerprint density at radius 1 is 1.33 bits per heavy atom. The fourth-order valence-electron chi connectivity index (χ4n) is 1.72. The summed E-state index contributed by atoms with van der Waals surface area (Å²) < 4.78 is 0. The minimum Gasteiger partial charge on any atom is -0.477 e. The first-order valence-corrected chi connectivity index (χ1v) is 6.02. The first kappa shape index (κ1) is 14.4. The van der Waals surface area contributed by atoms with Crippen molar-refractivity contribution >= 4 is 17.5 Å². The zero-order valence-corrected chi connectivity index (χ0v) is 11.1. The molecule has 0 radical (unpaired) electrons. The number of hydrogen-bond donors (Lipinski definition) is 2. The number of pyridine rings is 2. The zero-order chi connectivity index (χ0) is 15.4. The van der Waals surface area contributed by atoms with Crippen molar-refractivity contribution in [2.75, 3.05) is 5.32 Å². The van der Waals surface area contributed by atoms with Crippen molar-refractivity contribution in [3.63, 3.8) is 0 Å². The summed E-state index contributed by atoms with van der Waals surface area (Å²) in [6.07, 6.45) is 0. The lowest BCUT2D eigenvalue weighted by Crippen LogP contribution is -2.09. The number of nitro groups is 1. The Kier molecular flexibility index (Phi) is 4.07. The average Bonchev–Trinajstić information content (AvgIpc) is 2.44. The molecule has 0 amide bonds. The molecule has 2 aromatic heterocycles. The molecule has 0 aliphatic carbocycles. The summed E-state index contributed by atoms with van der Waals surface area (Å²) in [5.74, 6) is -1.34. The summed E-state index contributed by atoms with van der Waals surface area (Å²) in [7, 11) is 0. The molecule has 0 saturated carbocycles. The van der Waals surface area contributed by atoms with Gasteiger partial charge in [-0.3, -0.25) is 15.1 Å². The van der Waals surface area contributed by atoms with Gasteiger partial charge in [0.15, 0.2) is 5.69 Å². The quantitative estimate of drug-likeness (QED) is 0.638. The van der Waals surface area contributed by atoms with E-state index in [0.717, 1.165) is 17.8 Å². The lowest BCUT2D eigenvalue weighted by molar-refractivity contribution is -0.384. The maximum atomic E-state index is 10.9. The fourth-order valence-corrected chi connectivity index (χ4v) is 1.72. The van der Waals surface area contributed by atoms with E-state index in [1.54, 1.807) is 6.07 Å². The number of hydrogen-bond acceptors (Lipinski definition) is 6. The molecule has 2 heterocycles. The van der Waals surface area contributed by atoms with E-state index in [0.29, 0.717) is 5.69 Å². The number of aromatic carboxylic acids is 1. The second-order valence-corrected chi connectivity index (χ2v) is 4.25. The summed E-state index contributed by atoms with van der Waals surface area (Å²) in [4.78, 5) is 29.2. The van der Waals surface area contributed by atoms with Crippen LogP contribution in [0.4, 0.5) is 11.5 Å². The minimum atomic E-state index is -1.25. The molecule has 0 fully saturated rings. The van der Waals surface area contributed by atoms with Crippen molar-refractivity contribution in [2.45, 2.75) is 13.5 Å². The van der Waals surface area contributed by atoms with E-state index in [9.17, 15) is 14.9 Å². The Morgan fingerprint density at radius 3 is 2.71 bits per heavy atom. The second-order valence-electron chi connectivity index (χ2n) is 4.25. The van der Waals surface area contributed by atoms with Gasteiger partial charge in [-0.2, -0.15) is 0 Å². The van der Waals surface area contributed by atoms with Crippen LogP contribution in [0, 0.1) is 17.0 Å². The van der Waals surface area contributed by atoms with Crippen LogP contribution in [-0.4, -0.2) is 26.0 Å². The summed E-state index contributed by atoms with van der Waals surface area (Å²) >= 11 is 0. The predicted molar refractivity (Wildman–Crippen MR) is 74.2 cm³/mol. The Bertz CT molecular complexity index is 702. The van der Waals surface area contributed by atoms with Crippen molar-refractivity contribution < 1.29 is 14.8 Å². The summed E-state index contributed by atoms with van der Waals surface area (Å²) in [5.41, 5.74) is 0.941. The van der Waals surface area contributed by atoms with Crippen molar-refractivity contribution in [1.29, 1.82) is 0 Å². The molecule has 8 heteroatoms. The first-order chi connectivity index (χ1) is 9.97. The van der Waals surface area contributed by atoms with Gasteiger partial charge in [-0.05, 0) is 25.1 Å². The molecule has 0 unspecified atom stereocenters. The topological polar surface area (TPSA) is 118 Å². The molecule has 2 aromatic rings. The fraction of sp³-hybridized carbons (Fsp3) is 0.154. The van der Waals surface area contributed by atoms with Gasteiger partial charge in [0.25, 0.3) is 0 Å². The normalized spacial score (nSPS) is 10.1. The van der Waals surface area contributed by atoms with E-state index >= 15 is 0 Å². The second kappa shape index (κ2) is 5.95. The smallest absolute Gasteiger partial charge is 0.354 e. The van der Waals surface area contributed by atoms with E-state index in [1.165, 1.54) is 0 Å². The molecule has 2 N–H and O–H groups in total. The third-order valence-electron chi connectivity index (χ3n) is 2.67. The molecular formula is C13H12N4O4. The van der Waals surface area contributed by atoms with E-state index in [2.05, 4.69) is 15.3 Å². The maximum Gasteiger partial charge on any atom is 0.354 e. The number of nitrogens with one attached hydrogen (secondary N) is 1. The van der Waals surface area contributed by atoms with Crippen molar-refractivity contribution in [2.24, 2.45) is 0 Å². The third-order valence-corrected chi connectivity index (χ3v) is 2.67. The van der Waals surface area contributed by atoms with E-state index in [1.807, 2.05) is 19.1 Å². The van der Waals surface area contributed by atoms with Crippen LogP contribution in [0.15, 0.2) is 30.3 Å². The monoisotopic (exact) mass is 288 g/mol. The molecule has 21 heavy (non-hydrogen) atoms. The Hall–Kier alpha value is -3.03. The summed E-state index contributed by atoms with van der Waals surface area (Å²) in [5, 5.41) is 22.6. The highest BCUT2D eigenvalue weighted by Gasteiger charge is 2.18. The van der Waals surface area contributed by atoms with Gasteiger partial charge < -0.3 is 10.4 Å². The summed E-state index contributed by atoms with van der Waals surface area (Å²) in [6.45, 7) is 2.04. The number of anilines is 1. The molecule has 2 rings (SSSR count). The third kappa shape index (κ3) is 3.50. The van der Waals surface area contributed by atoms with Crippen LogP contribution in [0.3, 0.4) is 0 Å². The van der Waals surface area contributed by atoms with Crippen LogP contribution < -0.4 is 5.32 Å². The zero-order valence-electron chi connectivity index (χ0n) is 11.1. The molecule has 0 spiro atoms. The lowest BCUT2D eigenvalue weighted by atomic mass is 10.3. The molecule has 0 atom stereocenters. The van der Waals surface area contributed by atoms with E-state index in [-0.39, 0.29) is 23.7 Å². The molecule has 0 saturated heterocycles. The molecule has 108 valence electrons. The van der Waals surface area contributed by atoms with Crippen LogP contribution >= 0.6 is 0 Å². The van der Waals surface area contributed by atoms with Crippen molar-refractivity contribution in [1.82, 2.24) is 9.97 Å². The van der Waals surface area contributed by atoms with Gasteiger partial charge in [-0.1, -0.05) is 6.07 Å². The van der Waals surface area contributed by atoms with Crippen LogP contribution in [0.2, 0.25) is 0 Å². The number of carbonyl (C=O) groups is 1. The average molecular weight is 288 g/mol. The van der Waals surface area contributed by atoms with Crippen LogP contribution in [-0.2, 0) is 6.54 Å². The van der Waals surface area contributed by atoms with Crippen LogP contribution in [0.1, 0.15) is 21.9 Å². The maximum absolute atomic E-state index is 10.9. The Balaban J connectivity index is 2.26. The highest BCUT2D eigenvalue weighted by molar-refractivity contribution is 5.86. The molecule has 8 nitrogen and oxygen atoms in total. The number of aromatic nitrogens is 2.